The first kappa shape index (κ1) is 9.39. The van der Waals surface area contributed by atoms with Crippen LogP contribution in [0.5, 0.6) is 0 Å². The van der Waals surface area contributed by atoms with Crippen LogP contribution in [0.2, 0.25) is 0 Å². The molecule has 4 nitrogen and oxygen atoms in total. The van der Waals surface area contributed by atoms with E-state index in [4.69, 9.17) is 5.73 Å². The van der Waals surface area contributed by atoms with Crippen molar-refractivity contribution < 1.29 is 0 Å². The molecule has 0 aliphatic carbocycles. The zero-order valence-electron chi connectivity index (χ0n) is 5.98. The Kier molecular flexibility index (Phi) is 3.32. The monoisotopic (exact) mass is 162 g/mol. The summed E-state index contributed by atoms with van der Waals surface area (Å²) < 4.78 is 1.67. The van der Waals surface area contributed by atoms with Crippen LogP contribution in [0.1, 0.15) is 18.8 Å². The van der Waals surface area contributed by atoms with Crippen LogP contribution in [0.15, 0.2) is 6.33 Å². The second-order valence-electron chi connectivity index (χ2n) is 2.03. The maximum absolute atomic E-state index is 5.54. The predicted molar refractivity (Wildman–Crippen MR) is 40.9 cm³/mol. The van der Waals surface area contributed by atoms with E-state index in [1.54, 1.807) is 4.68 Å². The number of nitrogens with zero attached hydrogens (tertiary/aromatic N) is 3. The molecule has 0 unspecified atom stereocenters. The fourth-order valence-corrected chi connectivity index (χ4v) is 0.717. The minimum Gasteiger partial charge on any atom is -0.322 e. The predicted octanol–water partition coefficient (Wildman–Crippen LogP) is 0.257. The largest absolute Gasteiger partial charge is 0.322 e. The Labute approximate surface area is 65.8 Å². The summed E-state index contributed by atoms with van der Waals surface area (Å²) >= 11 is 0. The van der Waals surface area contributed by atoms with Gasteiger partial charge in [0.2, 0.25) is 0 Å². The molecular weight excluding hydrogens is 152 g/mol. The molecule has 1 aromatic heterocycles. The summed E-state index contributed by atoms with van der Waals surface area (Å²) in [6.07, 6.45) is 1.50. The normalized spacial score (nSPS) is 12.3. The number of rotatable bonds is 1. The van der Waals surface area contributed by atoms with Gasteiger partial charge in [0.1, 0.15) is 12.2 Å². The molecule has 0 saturated heterocycles. The van der Waals surface area contributed by atoms with E-state index in [0.717, 1.165) is 5.82 Å². The van der Waals surface area contributed by atoms with Crippen LogP contribution in [0, 0.1) is 0 Å². The van der Waals surface area contributed by atoms with Gasteiger partial charge in [-0.2, -0.15) is 5.10 Å². The maximum atomic E-state index is 5.54. The second kappa shape index (κ2) is 3.53. The molecule has 58 valence electrons. The molecule has 0 aliphatic rings. The van der Waals surface area contributed by atoms with Crippen molar-refractivity contribution in [3.63, 3.8) is 0 Å². The topological polar surface area (TPSA) is 56.7 Å². The highest BCUT2D eigenvalue weighted by molar-refractivity contribution is 5.85. The van der Waals surface area contributed by atoms with Gasteiger partial charge in [0.15, 0.2) is 0 Å². The van der Waals surface area contributed by atoms with Gasteiger partial charge in [0, 0.05) is 7.05 Å². The van der Waals surface area contributed by atoms with Crippen molar-refractivity contribution in [1.82, 2.24) is 14.8 Å². The van der Waals surface area contributed by atoms with Gasteiger partial charge in [-0.05, 0) is 6.92 Å². The third-order valence-electron chi connectivity index (χ3n) is 1.15. The maximum Gasteiger partial charge on any atom is 0.143 e. The molecular formula is C5H11ClN4. The summed E-state index contributed by atoms with van der Waals surface area (Å²) in [5.74, 6) is 0.815. The Morgan fingerprint density at radius 3 is 2.50 bits per heavy atom. The molecule has 10 heavy (non-hydrogen) atoms. The summed E-state index contributed by atoms with van der Waals surface area (Å²) in [6, 6.07) is -0.0301. The van der Waals surface area contributed by atoms with E-state index in [9.17, 15) is 0 Å². The van der Waals surface area contributed by atoms with Crippen LogP contribution in [0.3, 0.4) is 0 Å². The lowest BCUT2D eigenvalue weighted by Crippen LogP contribution is -2.11. The second-order valence-corrected chi connectivity index (χ2v) is 2.03. The van der Waals surface area contributed by atoms with Crippen molar-refractivity contribution in [2.24, 2.45) is 12.8 Å². The average molecular weight is 163 g/mol. The molecule has 1 aromatic rings. The van der Waals surface area contributed by atoms with Crippen molar-refractivity contribution in [3.05, 3.63) is 12.2 Å². The molecule has 0 saturated carbocycles. The third-order valence-corrected chi connectivity index (χ3v) is 1.15. The van der Waals surface area contributed by atoms with Crippen LogP contribution in [0.4, 0.5) is 0 Å². The zero-order chi connectivity index (χ0) is 6.85. The minimum absolute atomic E-state index is 0. The summed E-state index contributed by atoms with van der Waals surface area (Å²) in [7, 11) is 1.83. The fourth-order valence-electron chi connectivity index (χ4n) is 0.717. The van der Waals surface area contributed by atoms with Gasteiger partial charge in [0.05, 0.1) is 6.04 Å². The van der Waals surface area contributed by atoms with Crippen molar-refractivity contribution in [2.75, 3.05) is 0 Å². The smallest absolute Gasteiger partial charge is 0.143 e. The van der Waals surface area contributed by atoms with Gasteiger partial charge in [-0.3, -0.25) is 4.68 Å². The number of hydrogen-bond acceptors (Lipinski definition) is 3. The molecule has 2 N–H and O–H groups in total. The van der Waals surface area contributed by atoms with Crippen LogP contribution in [0.25, 0.3) is 0 Å². The number of aromatic nitrogens is 3. The summed E-state index contributed by atoms with van der Waals surface area (Å²) in [5, 5.41) is 3.86. The molecule has 5 heteroatoms. The number of nitrogens with two attached hydrogens (primary N) is 1. The van der Waals surface area contributed by atoms with E-state index in [1.807, 2.05) is 14.0 Å². The lowest BCUT2D eigenvalue weighted by atomic mass is 10.3. The Bertz CT molecular complexity index is 195. The molecule has 0 aromatic carbocycles. The number of halogens is 1. The first-order valence-corrected chi connectivity index (χ1v) is 2.81. The van der Waals surface area contributed by atoms with Crippen LogP contribution >= 0.6 is 12.4 Å². The third kappa shape index (κ3) is 1.68. The van der Waals surface area contributed by atoms with E-state index < -0.39 is 0 Å². The first-order valence-electron chi connectivity index (χ1n) is 2.81. The molecule has 0 amide bonds. The van der Waals surface area contributed by atoms with Gasteiger partial charge < -0.3 is 5.73 Å². The summed E-state index contributed by atoms with van der Waals surface area (Å²) in [4.78, 5) is 3.94. The highest BCUT2D eigenvalue weighted by Crippen LogP contribution is 2.00. The van der Waals surface area contributed by atoms with E-state index in [1.165, 1.54) is 6.33 Å². The van der Waals surface area contributed by atoms with Gasteiger partial charge in [-0.25, -0.2) is 4.98 Å². The zero-order valence-corrected chi connectivity index (χ0v) is 6.80. The van der Waals surface area contributed by atoms with Crippen LogP contribution < -0.4 is 5.73 Å². The highest BCUT2D eigenvalue weighted by atomic mass is 35.5. The van der Waals surface area contributed by atoms with Gasteiger partial charge in [-0.1, -0.05) is 0 Å². The van der Waals surface area contributed by atoms with E-state index in [-0.39, 0.29) is 18.4 Å². The first-order chi connectivity index (χ1) is 4.22. The lowest BCUT2D eigenvalue weighted by molar-refractivity contribution is 0.639. The Morgan fingerprint density at radius 1 is 1.70 bits per heavy atom. The van der Waals surface area contributed by atoms with Crippen molar-refractivity contribution in [3.8, 4) is 0 Å². The van der Waals surface area contributed by atoms with Crippen LogP contribution in [-0.2, 0) is 7.05 Å². The molecule has 0 fully saturated rings. The SMILES string of the molecule is C[C@@H](N)c1ncnn1C.Cl. The number of hydrogen-bond donors (Lipinski definition) is 1. The summed E-state index contributed by atoms with van der Waals surface area (Å²) in [5.41, 5.74) is 5.54. The minimum atomic E-state index is -0.0301. The molecule has 0 bridgehead atoms. The van der Waals surface area contributed by atoms with Crippen molar-refractivity contribution >= 4 is 12.4 Å². The van der Waals surface area contributed by atoms with E-state index in [2.05, 4.69) is 10.1 Å². The molecule has 0 aliphatic heterocycles. The van der Waals surface area contributed by atoms with E-state index in [0.29, 0.717) is 0 Å². The van der Waals surface area contributed by atoms with Gasteiger partial charge in [0.25, 0.3) is 0 Å². The summed E-state index contributed by atoms with van der Waals surface area (Å²) in [6.45, 7) is 1.88. The Morgan fingerprint density at radius 2 is 2.30 bits per heavy atom. The van der Waals surface area contributed by atoms with Crippen molar-refractivity contribution in [2.45, 2.75) is 13.0 Å². The quantitative estimate of drug-likeness (QED) is 0.645. The highest BCUT2D eigenvalue weighted by Gasteiger charge is 2.03. The Balaban J connectivity index is 0.000000810. The average Bonchev–Trinajstić information content (AvgIpc) is 2.13. The fraction of sp³-hybridized carbons (Fsp3) is 0.600. The molecule has 1 rings (SSSR count). The number of aryl methyl sites for hydroxylation is 1. The Hall–Kier alpha value is -0.610. The molecule has 1 atom stereocenters. The molecule has 0 spiro atoms. The van der Waals surface area contributed by atoms with Gasteiger partial charge >= 0.3 is 0 Å². The van der Waals surface area contributed by atoms with Crippen molar-refractivity contribution in [1.29, 1.82) is 0 Å². The molecule has 0 radical (unpaired) electrons. The molecule has 1 heterocycles. The van der Waals surface area contributed by atoms with Crippen LogP contribution in [-0.4, -0.2) is 14.8 Å². The van der Waals surface area contributed by atoms with E-state index >= 15 is 0 Å². The van der Waals surface area contributed by atoms with Gasteiger partial charge in [-0.15, -0.1) is 12.4 Å². The lowest BCUT2D eigenvalue weighted by Gasteiger charge is -2.01. The standard InChI is InChI=1S/C5H10N4.ClH/c1-4(6)5-7-3-8-9(5)2;/h3-4H,6H2,1-2H3;1H/t4-;/m1./s1.